The molecule has 1 aliphatic heterocycles. The number of hydrogen-bond donors (Lipinski definition) is 0. The molecule has 0 atom stereocenters. The number of furan rings is 1. The summed E-state index contributed by atoms with van der Waals surface area (Å²) >= 11 is 0. The lowest BCUT2D eigenvalue weighted by atomic mass is 10.0. The highest BCUT2D eigenvalue weighted by molar-refractivity contribution is 5.88. The molecule has 5 rings (SSSR count). The standard InChI is InChI=1S/C20H23N5O2/c1-26-19-12-18(22-13-23-19)25(14-2-3-14)15-5-9-24(10-6-15)20-16-7-11-27-17(16)4-8-21-20/h4,7-8,11-15H,2-3,5-6,9-10H2,1H3. The zero-order chi connectivity index (χ0) is 18.2. The fourth-order valence-electron chi connectivity index (χ4n) is 4.10. The van der Waals surface area contributed by atoms with Gasteiger partial charge in [-0.3, -0.25) is 0 Å². The number of anilines is 2. The van der Waals surface area contributed by atoms with Gasteiger partial charge >= 0.3 is 0 Å². The number of ether oxygens (including phenoxy) is 1. The Morgan fingerprint density at radius 2 is 1.89 bits per heavy atom. The highest BCUT2D eigenvalue weighted by Crippen LogP contribution is 2.37. The van der Waals surface area contributed by atoms with Gasteiger partial charge in [0.2, 0.25) is 5.88 Å². The number of piperidine rings is 1. The molecule has 140 valence electrons. The van der Waals surface area contributed by atoms with E-state index in [2.05, 4.69) is 24.8 Å². The van der Waals surface area contributed by atoms with Crippen LogP contribution in [0.3, 0.4) is 0 Å². The third-order valence-corrected chi connectivity index (χ3v) is 5.56. The van der Waals surface area contributed by atoms with Crippen molar-refractivity contribution in [1.29, 1.82) is 0 Å². The monoisotopic (exact) mass is 365 g/mol. The maximum absolute atomic E-state index is 5.53. The SMILES string of the molecule is COc1cc(N(C2CC2)C2CCN(c3nccc4occc34)CC2)ncn1. The number of pyridine rings is 1. The van der Waals surface area contributed by atoms with E-state index in [1.54, 1.807) is 19.7 Å². The van der Waals surface area contributed by atoms with E-state index in [9.17, 15) is 0 Å². The average molecular weight is 365 g/mol. The summed E-state index contributed by atoms with van der Waals surface area (Å²) in [7, 11) is 1.65. The average Bonchev–Trinajstić information content (AvgIpc) is 3.43. The second kappa shape index (κ2) is 6.72. The van der Waals surface area contributed by atoms with Crippen LogP contribution in [0.25, 0.3) is 11.0 Å². The number of fused-ring (bicyclic) bond motifs is 1. The zero-order valence-electron chi connectivity index (χ0n) is 15.4. The molecular weight excluding hydrogens is 342 g/mol. The maximum atomic E-state index is 5.53. The number of nitrogens with zero attached hydrogens (tertiary/aromatic N) is 5. The second-order valence-corrected chi connectivity index (χ2v) is 7.24. The van der Waals surface area contributed by atoms with Crippen LogP contribution < -0.4 is 14.5 Å². The Balaban J connectivity index is 1.35. The molecule has 2 aliphatic rings. The van der Waals surface area contributed by atoms with Crippen LogP contribution in [0.1, 0.15) is 25.7 Å². The van der Waals surface area contributed by atoms with Crippen molar-refractivity contribution in [2.75, 3.05) is 30.0 Å². The van der Waals surface area contributed by atoms with Crippen LogP contribution in [0.5, 0.6) is 5.88 Å². The maximum Gasteiger partial charge on any atom is 0.218 e. The first-order chi connectivity index (χ1) is 13.3. The van der Waals surface area contributed by atoms with E-state index in [1.165, 1.54) is 12.8 Å². The molecule has 0 unspecified atom stereocenters. The molecule has 27 heavy (non-hydrogen) atoms. The van der Waals surface area contributed by atoms with Crippen molar-refractivity contribution in [1.82, 2.24) is 15.0 Å². The van der Waals surface area contributed by atoms with Gasteiger partial charge < -0.3 is 19.0 Å². The van der Waals surface area contributed by atoms with Gasteiger partial charge in [0.05, 0.1) is 18.8 Å². The lowest BCUT2D eigenvalue weighted by Gasteiger charge is -2.40. The molecule has 4 heterocycles. The summed E-state index contributed by atoms with van der Waals surface area (Å²) in [5, 5.41) is 1.09. The first kappa shape index (κ1) is 16.4. The van der Waals surface area contributed by atoms with Gasteiger partial charge in [0.15, 0.2) is 0 Å². The predicted molar refractivity (Wildman–Crippen MR) is 103 cm³/mol. The van der Waals surface area contributed by atoms with Crippen molar-refractivity contribution >= 4 is 22.6 Å². The van der Waals surface area contributed by atoms with Crippen LogP contribution in [-0.2, 0) is 0 Å². The molecule has 0 amide bonds. The Morgan fingerprint density at radius 3 is 2.67 bits per heavy atom. The van der Waals surface area contributed by atoms with E-state index >= 15 is 0 Å². The van der Waals surface area contributed by atoms with Gasteiger partial charge in [-0.05, 0) is 37.8 Å². The molecule has 0 bridgehead atoms. The van der Waals surface area contributed by atoms with E-state index in [0.717, 1.165) is 48.5 Å². The summed E-state index contributed by atoms with van der Waals surface area (Å²) in [6.45, 7) is 1.96. The van der Waals surface area contributed by atoms with Crippen molar-refractivity contribution in [2.24, 2.45) is 0 Å². The summed E-state index contributed by atoms with van der Waals surface area (Å²) in [6, 6.07) is 6.96. The fraction of sp³-hybridized carbons (Fsp3) is 0.450. The van der Waals surface area contributed by atoms with Gasteiger partial charge in [-0.25, -0.2) is 15.0 Å². The highest BCUT2D eigenvalue weighted by atomic mass is 16.5. The molecule has 1 saturated heterocycles. The van der Waals surface area contributed by atoms with Crippen LogP contribution in [0, 0.1) is 0 Å². The first-order valence-electron chi connectivity index (χ1n) is 9.55. The third kappa shape index (κ3) is 3.07. The van der Waals surface area contributed by atoms with Crippen molar-refractivity contribution in [2.45, 2.75) is 37.8 Å². The molecule has 1 aliphatic carbocycles. The lowest BCUT2D eigenvalue weighted by molar-refractivity contribution is 0.395. The van der Waals surface area contributed by atoms with Gasteiger partial charge in [-0.15, -0.1) is 0 Å². The van der Waals surface area contributed by atoms with E-state index in [-0.39, 0.29) is 0 Å². The Bertz CT molecular complexity index is 931. The summed E-state index contributed by atoms with van der Waals surface area (Å²) in [6.07, 6.45) is 9.81. The van der Waals surface area contributed by atoms with Crippen LogP contribution >= 0.6 is 0 Å². The second-order valence-electron chi connectivity index (χ2n) is 7.24. The highest BCUT2D eigenvalue weighted by Gasteiger charge is 2.37. The predicted octanol–water partition coefficient (Wildman–Crippen LogP) is 3.26. The number of aromatic nitrogens is 3. The third-order valence-electron chi connectivity index (χ3n) is 5.56. The number of rotatable bonds is 5. The summed E-state index contributed by atoms with van der Waals surface area (Å²) in [5.41, 5.74) is 0.898. The van der Waals surface area contributed by atoms with Crippen LogP contribution in [-0.4, -0.2) is 47.2 Å². The molecule has 0 radical (unpaired) electrons. The van der Waals surface area contributed by atoms with Crippen molar-refractivity contribution in [3.05, 3.63) is 37.0 Å². The summed E-state index contributed by atoms with van der Waals surface area (Å²) in [5.74, 6) is 2.64. The molecule has 7 nitrogen and oxygen atoms in total. The van der Waals surface area contributed by atoms with Gasteiger partial charge in [0.1, 0.15) is 23.5 Å². The molecule has 3 aromatic heterocycles. The van der Waals surface area contributed by atoms with Crippen LogP contribution in [0.2, 0.25) is 0 Å². The minimum Gasteiger partial charge on any atom is -0.481 e. The smallest absolute Gasteiger partial charge is 0.218 e. The van der Waals surface area contributed by atoms with E-state index in [0.29, 0.717) is 18.0 Å². The number of hydrogen-bond acceptors (Lipinski definition) is 7. The molecule has 0 spiro atoms. The minimum atomic E-state index is 0.483. The lowest BCUT2D eigenvalue weighted by Crippen LogP contribution is -2.46. The molecule has 0 aromatic carbocycles. The van der Waals surface area contributed by atoms with Gasteiger partial charge in [0.25, 0.3) is 0 Å². The molecular formula is C20H23N5O2. The van der Waals surface area contributed by atoms with E-state index < -0.39 is 0 Å². The zero-order valence-corrected chi connectivity index (χ0v) is 15.4. The Hall–Kier alpha value is -2.83. The normalized spacial score (nSPS) is 18.0. The molecule has 7 heteroatoms. The molecule has 3 aromatic rings. The Morgan fingerprint density at radius 1 is 1.07 bits per heavy atom. The van der Waals surface area contributed by atoms with E-state index in [1.807, 2.05) is 24.4 Å². The molecule has 0 N–H and O–H groups in total. The summed E-state index contributed by atoms with van der Waals surface area (Å²) in [4.78, 5) is 18.2. The van der Waals surface area contributed by atoms with E-state index in [4.69, 9.17) is 9.15 Å². The van der Waals surface area contributed by atoms with Crippen molar-refractivity contribution < 1.29 is 9.15 Å². The minimum absolute atomic E-state index is 0.483. The Kier molecular flexibility index (Phi) is 4.07. The Labute approximate surface area is 158 Å². The van der Waals surface area contributed by atoms with Crippen molar-refractivity contribution in [3.63, 3.8) is 0 Å². The molecule has 2 fully saturated rings. The van der Waals surface area contributed by atoms with Crippen LogP contribution in [0.15, 0.2) is 41.4 Å². The first-order valence-corrected chi connectivity index (χ1v) is 9.55. The largest absolute Gasteiger partial charge is 0.481 e. The van der Waals surface area contributed by atoms with Crippen LogP contribution in [0.4, 0.5) is 11.6 Å². The number of methoxy groups -OCH3 is 1. The van der Waals surface area contributed by atoms with Crippen molar-refractivity contribution in [3.8, 4) is 5.88 Å². The quantitative estimate of drug-likeness (QED) is 0.687. The fourth-order valence-corrected chi connectivity index (χ4v) is 4.10. The topological polar surface area (TPSA) is 67.5 Å². The van der Waals surface area contributed by atoms with Gasteiger partial charge in [-0.2, -0.15) is 0 Å². The van der Waals surface area contributed by atoms with Gasteiger partial charge in [0, 0.05) is 37.4 Å². The molecule has 1 saturated carbocycles. The summed E-state index contributed by atoms with van der Waals surface area (Å²) < 4.78 is 10.8. The van der Waals surface area contributed by atoms with Gasteiger partial charge in [-0.1, -0.05) is 0 Å².